The Kier molecular flexibility index (Phi) is 3.73. The van der Waals surface area contributed by atoms with Gasteiger partial charge in [-0.3, -0.25) is 4.79 Å². The number of nitrogens with one attached hydrogen (secondary N) is 1. The zero-order chi connectivity index (χ0) is 20.1. The molecule has 0 bridgehead atoms. The van der Waals surface area contributed by atoms with Crippen molar-refractivity contribution >= 4 is 23.2 Å². The van der Waals surface area contributed by atoms with Gasteiger partial charge in [-0.25, -0.2) is 28.8 Å². The Hall–Kier alpha value is -3.95. The van der Waals surface area contributed by atoms with Crippen LogP contribution in [0.3, 0.4) is 0 Å². The van der Waals surface area contributed by atoms with Crippen LogP contribution in [0.25, 0.3) is 17.2 Å². The Morgan fingerprint density at radius 2 is 2.00 bits per heavy atom. The van der Waals surface area contributed by atoms with Gasteiger partial charge >= 0.3 is 0 Å². The van der Waals surface area contributed by atoms with Gasteiger partial charge < -0.3 is 11.1 Å². The van der Waals surface area contributed by atoms with Crippen molar-refractivity contribution in [2.24, 2.45) is 0 Å². The highest BCUT2D eigenvalue weighted by atomic mass is 19.1. The molecule has 9 nitrogen and oxygen atoms in total. The zero-order valence-corrected chi connectivity index (χ0v) is 15.3. The number of nitrogens with two attached hydrogens (primary N) is 1. The largest absolute Gasteiger partial charge is 0.383 e. The summed E-state index contributed by atoms with van der Waals surface area (Å²) < 4.78 is 14.8. The van der Waals surface area contributed by atoms with E-state index in [2.05, 4.69) is 30.4 Å². The smallest absolute Gasteiger partial charge is 0.233 e. The molecule has 1 aromatic carbocycles. The summed E-state index contributed by atoms with van der Waals surface area (Å²) in [6.45, 7) is 1.75. The molecule has 10 heteroatoms. The summed E-state index contributed by atoms with van der Waals surface area (Å²) in [5, 5.41) is 6.91. The second-order valence-electron chi connectivity index (χ2n) is 6.81. The van der Waals surface area contributed by atoms with Gasteiger partial charge in [-0.15, -0.1) is 0 Å². The van der Waals surface area contributed by atoms with Crippen LogP contribution in [-0.4, -0.2) is 35.5 Å². The third kappa shape index (κ3) is 2.85. The van der Waals surface area contributed by atoms with Gasteiger partial charge in [-0.1, -0.05) is 12.1 Å². The van der Waals surface area contributed by atoms with Gasteiger partial charge in [0.25, 0.3) is 0 Å². The average Bonchev–Trinajstić information content (AvgIpc) is 3.28. The lowest BCUT2D eigenvalue weighted by Crippen LogP contribution is -2.09. The van der Waals surface area contributed by atoms with Crippen LogP contribution in [0.2, 0.25) is 0 Å². The molecule has 0 aliphatic carbocycles. The lowest BCUT2D eigenvalue weighted by atomic mass is 10.1. The molecular formula is C19H15FN8O. The van der Waals surface area contributed by atoms with Gasteiger partial charge in [-0.2, -0.15) is 5.10 Å². The van der Waals surface area contributed by atoms with E-state index in [1.54, 1.807) is 29.8 Å². The highest BCUT2D eigenvalue weighted by Crippen LogP contribution is 2.35. The fourth-order valence-corrected chi connectivity index (χ4v) is 3.39. The summed E-state index contributed by atoms with van der Waals surface area (Å²) >= 11 is 0. The van der Waals surface area contributed by atoms with Crippen molar-refractivity contribution in [2.45, 2.75) is 19.3 Å². The number of nitrogen functional groups attached to an aromatic ring is 1. The Labute approximate surface area is 163 Å². The van der Waals surface area contributed by atoms with Crippen LogP contribution in [0.5, 0.6) is 0 Å². The Morgan fingerprint density at radius 1 is 1.21 bits per heavy atom. The van der Waals surface area contributed by atoms with Gasteiger partial charge in [0.15, 0.2) is 11.5 Å². The molecule has 5 rings (SSSR count). The molecule has 4 heterocycles. The fraction of sp³-hybridized carbons (Fsp3) is 0.158. The summed E-state index contributed by atoms with van der Waals surface area (Å²) in [5.41, 5.74) is 9.19. The maximum absolute atomic E-state index is 13.2. The third-order valence-corrected chi connectivity index (χ3v) is 4.89. The molecule has 0 fully saturated rings. The second-order valence-corrected chi connectivity index (χ2v) is 6.81. The maximum atomic E-state index is 13.2. The number of fused-ring (bicyclic) bond motifs is 2. The molecule has 1 unspecified atom stereocenters. The first-order valence-corrected chi connectivity index (χ1v) is 8.92. The molecule has 1 atom stereocenters. The first-order chi connectivity index (χ1) is 14.0. The highest BCUT2D eigenvalue weighted by molar-refractivity contribution is 6.03. The fourth-order valence-electron chi connectivity index (χ4n) is 3.39. The maximum Gasteiger partial charge on any atom is 0.233 e. The van der Waals surface area contributed by atoms with E-state index in [0.29, 0.717) is 34.8 Å². The summed E-state index contributed by atoms with van der Waals surface area (Å²) in [6, 6.07) is 6.18. The molecule has 3 aromatic heterocycles. The van der Waals surface area contributed by atoms with Crippen LogP contribution in [0, 0.1) is 5.82 Å². The third-order valence-electron chi connectivity index (χ3n) is 4.89. The van der Waals surface area contributed by atoms with Crippen LogP contribution in [0.15, 0.2) is 36.8 Å². The van der Waals surface area contributed by atoms with E-state index in [0.717, 1.165) is 5.56 Å². The predicted octanol–water partition coefficient (Wildman–Crippen LogP) is 1.95. The minimum Gasteiger partial charge on any atom is -0.383 e. The molecule has 29 heavy (non-hydrogen) atoms. The molecule has 1 aliphatic heterocycles. The normalized spacial score (nSPS) is 15.5. The van der Waals surface area contributed by atoms with Gasteiger partial charge in [0.2, 0.25) is 5.91 Å². The van der Waals surface area contributed by atoms with Crippen molar-refractivity contribution in [1.82, 2.24) is 29.5 Å². The van der Waals surface area contributed by atoms with Crippen molar-refractivity contribution < 1.29 is 9.18 Å². The summed E-state index contributed by atoms with van der Waals surface area (Å²) in [7, 11) is 0. The zero-order valence-electron chi connectivity index (χ0n) is 15.3. The number of hydrogen-bond donors (Lipinski definition) is 2. The predicted molar refractivity (Wildman–Crippen MR) is 102 cm³/mol. The van der Waals surface area contributed by atoms with Crippen molar-refractivity contribution in [1.29, 1.82) is 0 Å². The number of benzene rings is 1. The minimum atomic E-state index is -0.404. The van der Waals surface area contributed by atoms with E-state index in [1.165, 1.54) is 18.5 Å². The Balaban J connectivity index is 1.61. The number of hydrogen-bond acceptors (Lipinski definition) is 7. The summed E-state index contributed by atoms with van der Waals surface area (Å²) in [4.78, 5) is 29.7. The Bertz CT molecular complexity index is 1270. The molecule has 144 valence electrons. The van der Waals surface area contributed by atoms with Crippen molar-refractivity contribution in [3.8, 4) is 11.5 Å². The number of carbonyl (C=O) groups excluding carboxylic acids is 1. The molecule has 4 aromatic rings. The minimum absolute atomic E-state index is 0.171. The van der Waals surface area contributed by atoms with Crippen LogP contribution < -0.4 is 11.1 Å². The van der Waals surface area contributed by atoms with E-state index in [4.69, 9.17) is 5.73 Å². The lowest BCUT2D eigenvalue weighted by molar-refractivity contribution is -0.116. The molecule has 0 spiro atoms. The number of aromatic nitrogens is 6. The average molecular weight is 390 g/mol. The van der Waals surface area contributed by atoms with Crippen LogP contribution in [0.1, 0.15) is 29.7 Å². The van der Waals surface area contributed by atoms with Crippen LogP contribution in [0.4, 0.5) is 16.0 Å². The van der Waals surface area contributed by atoms with Crippen molar-refractivity contribution in [3.63, 3.8) is 0 Å². The second kappa shape index (κ2) is 6.30. The number of nitrogens with zero attached hydrogens (tertiary/aromatic N) is 6. The monoisotopic (exact) mass is 390 g/mol. The first kappa shape index (κ1) is 17.2. The number of halogens is 1. The first-order valence-electron chi connectivity index (χ1n) is 8.92. The summed E-state index contributed by atoms with van der Waals surface area (Å²) in [5.74, 6) is 0.0189. The van der Waals surface area contributed by atoms with Crippen molar-refractivity contribution in [2.75, 3.05) is 11.1 Å². The van der Waals surface area contributed by atoms with Gasteiger partial charge in [-0.05, 0) is 24.6 Å². The van der Waals surface area contributed by atoms with Gasteiger partial charge in [0.05, 0.1) is 17.8 Å². The van der Waals surface area contributed by atoms with Crippen molar-refractivity contribution in [3.05, 3.63) is 59.4 Å². The van der Waals surface area contributed by atoms with E-state index in [9.17, 15) is 9.18 Å². The quantitative estimate of drug-likeness (QED) is 0.548. The molecule has 0 saturated heterocycles. The van der Waals surface area contributed by atoms with E-state index in [-0.39, 0.29) is 23.4 Å². The number of carbonyl (C=O) groups is 1. The van der Waals surface area contributed by atoms with Crippen LogP contribution >= 0.6 is 0 Å². The lowest BCUT2D eigenvalue weighted by Gasteiger charge is -2.09. The van der Waals surface area contributed by atoms with E-state index < -0.39 is 5.92 Å². The van der Waals surface area contributed by atoms with E-state index >= 15 is 0 Å². The molecule has 3 N–H and O–H groups in total. The molecule has 0 radical (unpaired) electrons. The molecule has 0 saturated carbocycles. The highest BCUT2D eigenvalue weighted by Gasteiger charge is 2.31. The van der Waals surface area contributed by atoms with E-state index in [1.807, 2.05) is 0 Å². The number of rotatable bonds is 3. The standard InChI is InChI=1S/C19H15FN8O/c1-9-14-15(21)25-16(26-17(14)27-19(9)29)13-7-28-18(22-8-23-28)12(24-13)6-10-2-4-11(20)5-3-10/h2-5,7-9H,6H2,1H3,(H3,21,25,26,27,29). The topological polar surface area (TPSA) is 124 Å². The molecular weight excluding hydrogens is 375 g/mol. The van der Waals surface area contributed by atoms with Gasteiger partial charge in [0.1, 0.15) is 29.5 Å². The summed E-state index contributed by atoms with van der Waals surface area (Å²) in [6.07, 6.45) is 3.50. The number of anilines is 2. The SMILES string of the molecule is CC1C(=O)Nc2nc(-c3cn4ncnc4c(Cc4ccc(F)cc4)n3)nc(N)c21. The molecule has 1 amide bonds. The van der Waals surface area contributed by atoms with Crippen LogP contribution in [-0.2, 0) is 11.2 Å². The number of amides is 1. The Morgan fingerprint density at radius 3 is 2.79 bits per heavy atom. The van der Waals surface area contributed by atoms with Gasteiger partial charge in [0, 0.05) is 12.0 Å². The molecule has 1 aliphatic rings.